The number of quaternary nitrogens is 2. The quantitative estimate of drug-likeness (QED) is 0.0145. The van der Waals surface area contributed by atoms with Crippen LogP contribution in [0.5, 0.6) is 5.75 Å². The van der Waals surface area contributed by atoms with E-state index in [1.807, 2.05) is 66.7 Å². The van der Waals surface area contributed by atoms with Gasteiger partial charge in [-0.1, -0.05) is 66.7 Å². The molecular weight excluding hydrogens is 1180 g/mol. The number of methoxy groups -OCH3 is 1. The molecular formula is C72H119ClN2O14S. The van der Waals surface area contributed by atoms with Crippen LogP contribution in [0, 0.1) is 131 Å². The van der Waals surface area contributed by atoms with Gasteiger partial charge in [0.2, 0.25) is 0 Å². The van der Waals surface area contributed by atoms with Crippen molar-refractivity contribution in [1.82, 2.24) is 0 Å². The number of aliphatic hydroxyl groups excluding tert-OH is 2. The molecule has 0 bridgehead atoms. The lowest BCUT2D eigenvalue weighted by atomic mass is 10.1. The van der Waals surface area contributed by atoms with Crippen LogP contribution < -0.4 is 22.4 Å². The molecule has 3 aromatic rings. The molecule has 0 aliphatic heterocycles. The number of terminal acetylenes is 2. The number of esters is 2. The molecule has 0 aliphatic rings. The molecule has 2 unspecified atom stereocenters. The number of aliphatic hydroxyl groups is 2. The maximum atomic E-state index is 12.1. The van der Waals surface area contributed by atoms with E-state index >= 15 is 0 Å². The van der Waals surface area contributed by atoms with Crippen LogP contribution in [0.3, 0.4) is 0 Å². The maximum Gasteiger partial charge on any atom is 0.331 e. The van der Waals surface area contributed by atoms with Gasteiger partial charge in [0.05, 0.1) is 94.8 Å². The lowest BCUT2D eigenvalue weighted by molar-refractivity contribution is -0.891. The number of likely N-dealkylation sites (N-methyl/N-ethyl adjacent to an activating group) is 1. The van der Waals surface area contributed by atoms with E-state index in [1.165, 1.54) is 12.2 Å². The van der Waals surface area contributed by atoms with Gasteiger partial charge in [0.25, 0.3) is 10.1 Å². The second kappa shape index (κ2) is 51.4. The van der Waals surface area contributed by atoms with E-state index in [0.717, 1.165) is 70.5 Å². The molecule has 0 aromatic heterocycles. The van der Waals surface area contributed by atoms with E-state index in [0.29, 0.717) is 43.6 Å². The van der Waals surface area contributed by atoms with Crippen LogP contribution in [0.4, 0.5) is 0 Å². The summed E-state index contributed by atoms with van der Waals surface area (Å²) >= 11 is 0. The third kappa shape index (κ3) is 51.6. The minimum absolute atomic E-state index is 0. The Morgan fingerprint density at radius 3 is 1.18 bits per heavy atom. The molecule has 0 radical (unpaired) electrons. The fourth-order valence-corrected chi connectivity index (χ4v) is 6.02. The number of ether oxygens (including phenoxy) is 5. The van der Waals surface area contributed by atoms with Gasteiger partial charge in [-0.05, 0) is 180 Å². The van der Waals surface area contributed by atoms with Crippen molar-refractivity contribution in [3.8, 4) is 137 Å². The molecule has 0 spiro atoms. The molecule has 2 N–H and O–H groups in total. The number of carbonyl (C=O) groups is 3. The Morgan fingerprint density at radius 2 is 0.878 bits per heavy atom. The van der Waals surface area contributed by atoms with Crippen molar-refractivity contribution in [2.45, 2.75) is 58.5 Å². The molecule has 18 heteroatoms. The maximum absolute atomic E-state index is 12.1. The SMILES string of the molecule is C#CC#CC#CC#CC#CC#CC#CC#CC#CC#CC#C.COc1ccc(/C=C/C(=O)OC(C)COCC[N+](C)(C)CCOCC(C)OC(=O)/C=C/c2ccc(CO)cc2)cc1.CS(=O)(=O)O[O-].C[N+](C)(C)CCCCC(=O)/C=C/c1ccc(CO)cc1.[Cl-].[HH].[HH].[HH].[HH].[HH].[HH].[HH].[HH].[HH].[HH].[HH].[HH].[HH].[HH].[HH].[HH].[HH].[HH].[HH].[HH].[HH].[HH]. The highest BCUT2D eigenvalue weighted by Crippen LogP contribution is 2.13. The van der Waals surface area contributed by atoms with Crippen LogP contribution in [-0.4, -0.2) is 152 Å². The number of hydrogen-bond acceptors (Lipinski definition) is 14. The second-order valence-corrected chi connectivity index (χ2v) is 21.4. The van der Waals surface area contributed by atoms with Crippen molar-refractivity contribution >= 4 is 46.1 Å². The third-order valence-corrected chi connectivity index (χ3v) is 10.8. The normalized spacial score (nSPS) is 10.4. The molecule has 16 nitrogen and oxygen atoms in total. The zero-order valence-corrected chi connectivity index (χ0v) is 53.7. The highest BCUT2D eigenvalue weighted by Gasteiger charge is 2.17. The van der Waals surface area contributed by atoms with Crippen LogP contribution in [0.15, 0.2) is 91.0 Å². The standard InChI is InChI=1S/C32H44NO8.C22H2.C17H26NO2.CH4O4S.ClH.22H2/c1-25(40-31(35)16-12-27-6-8-29(22-34)9-7-27)23-38-20-18-33(3,4)19-21-39-24-26(2)41-32(36)17-13-28-10-14-30(37-5)15-11-28;1-3-5-7-9-11-13-15-17-19-21-22-20-18-16-14-12-10-8-6-4-2;1-18(2,3)13-5-4-6-17(20)12-11-15-7-9-16(14-19)10-8-15;1-6(3,4)5-2;;;;;;;;;;;;;;;;;;;;;;;/h6-17,25-26,34H,18-24H2,1-5H3;1-2H;7-12,19H,4-6,13-14H2,1-3H3;2H,1H3;23*1H/q+1;;+1;;;;;;;;;;;;;;;;;;;;;;;;/p-2/b16-12+,17-13+;;12-11+;;;;;;;;;;;;;;;;;;;;;;;;. The number of nitrogens with zero attached hydrogens (tertiary/aromatic N) is 2. The van der Waals surface area contributed by atoms with Gasteiger partial charge in [0.15, 0.2) is 5.78 Å². The highest BCUT2D eigenvalue weighted by atomic mass is 35.5. The topological polar surface area (TPSA) is 204 Å². The lowest BCUT2D eigenvalue weighted by Crippen LogP contribution is -3.00. The molecule has 3 rings (SSSR count). The van der Waals surface area contributed by atoms with Gasteiger partial charge in [-0.3, -0.25) is 4.79 Å². The van der Waals surface area contributed by atoms with Crippen molar-refractivity contribution in [2.75, 3.05) is 94.7 Å². The first-order valence-electron chi connectivity index (χ1n) is 27.2. The highest BCUT2D eigenvalue weighted by molar-refractivity contribution is 7.85. The molecule has 0 fully saturated rings. The fourth-order valence-electron chi connectivity index (χ4n) is 6.02. The van der Waals surface area contributed by atoms with Crippen LogP contribution in [-0.2, 0) is 61.0 Å². The van der Waals surface area contributed by atoms with Crippen molar-refractivity contribution in [2.24, 2.45) is 0 Å². The molecule has 0 amide bonds. The minimum atomic E-state index is -3.72. The largest absolute Gasteiger partial charge is 1.00 e. The van der Waals surface area contributed by atoms with E-state index in [1.54, 1.807) is 51.3 Å². The fraction of sp³-hybridized carbons (Fsp3) is 0.319. The summed E-state index contributed by atoms with van der Waals surface area (Å²) in [5, 5.41) is 26.9. The first-order chi connectivity index (χ1) is 42.5. The van der Waals surface area contributed by atoms with Crippen LogP contribution in [0.25, 0.3) is 18.2 Å². The summed E-state index contributed by atoms with van der Waals surface area (Å²) in [6.07, 6.45) is 22.0. The van der Waals surface area contributed by atoms with Gasteiger partial charge in [0, 0.05) is 73.6 Å². The van der Waals surface area contributed by atoms with Crippen LogP contribution >= 0.6 is 0 Å². The number of ketones is 1. The van der Waals surface area contributed by atoms with Gasteiger partial charge in [-0.25, -0.2) is 18.0 Å². The number of unbranched alkanes of at least 4 members (excludes halogenated alkanes) is 1. The van der Waals surface area contributed by atoms with Gasteiger partial charge in [0.1, 0.15) is 31.0 Å². The molecule has 3 aromatic carbocycles. The minimum Gasteiger partial charge on any atom is -1.00 e. The second-order valence-electron chi connectivity index (χ2n) is 19.8. The Kier molecular flexibility index (Phi) is 47.1. The van der Waals surface area contributed by atoms with E-state index in [9.17, 15) is 22.8 Å². The van der Waals surface area contributed by atoms with E-state index in [2.05, 4.69) is 158 Å². The zero-order chi connectivity index (χ0) is 66.4. The lowest BCUT2D eigenvalue weighted by Gasteiger charge is -2.29. The summed E-state index contributed by atoms with van der Waals surface area (Å²) in [4.78, 5) is 35.8. The number of rotatable bonds is 27. The van der Waals surface area contributed by atoms with E-state index in [-0.39, 0.29) is 75.0 Å². The number of benzene rings is 3. The number of carbonyl (C=O) groups excluding carboxylic acids is 3. The summed E-state index contributed by atoms with van der Waals surface area (Å²) in [5.74, 6) is 48.3. The third-order valence-electron chi connectivity index (χ3n) is 10.6. The Balaban J connectivity index is -0.0000000436. The number of allylic oxidation sites excluding steroid dienone is 1. The predicted octanol–water partition coefficient (Wildman–Crippen LogP) is 7.46. The Labute approximate surface area is 572 Å². The molecule has 0 heterocycles. The van der Waals surface area contributed by atoms with E-state index in [4.69, 9.17) is 52.0 Å². The summed E-state index contributed by atoms with van der Waals surface area (Å²) in [6.45, 7) is 7.87. The molecule has 0 saturated carbocycles. The van der Waals surface area contributed by atoms with Crippen molar-refractivity contribution in [3.05, 3.63) is 119 Å². The molecule has 2 atom stereocenters. The first-order valence-corrected chi connectivity index (χ1v) is 29.0. The Morgan fingerprint density at radius 1 is 0.556 bits per heavy atom. The Hall–Kier alpha value is -9.63. The summed E-state index contributed by atoms with van der Waals surface area (Å²) in [7, 11) is 8.55. The molecule has 0 saturated heterocycles. The van der Waals surface area contributed by atoms with Crippen molar-refractivity contribution in [1.29, 1.82) is 0 Å². The Bertz CT molecular complexity index is 3510. The average molecular weight is 1300 g/mol. The molecule has 90 heavy (non-hydrogen) atoms. The summed E-state index contributed by atoms with van der Waals surface area (Å²) in [5.41, 5.74) is 4.41. The zero-order valence-electron chi connectivity index (χ0n) is 52.2. The van der Waals surface area contributed by atoms with E-state index < -0.39 is 22.1 Å². The summed E-state index contributed by atoms with van der Waals surface area (Å²) < 4.78 is 50.5. The van der Waals surface area contributed by atoms with Gasteiger partial charge < -0.3 is 64.9 Å². The number of halogens is 1. The first kappa shape index (κ1) is 82.4. The average Bonchev–Trinajstić information content (AvgIpc) is 0.928. The monoisotopic (exact) mass is 1300 g/mol. The number of hydrogen-bond donors (Lipinski definition) is 2. The smallest absolute Gasteiger partial charge is 0.331 e. The van der Waals surface area contributed by atoms with Crippen molar-refractivity contribution < 1.29 is 119 Å². The predicted molar refractivity (Wildman–Crippen MR) is 391 cm³/mol. The van der Waals surface area contributed by atoms with Gasteiger partial charge in [-0.15, -0.1) is 12.8 Å². The summed E-state index contributed by atoms with van der Waals surface area (Å²) in [6, 6.07) is 22.2. The molecule has 514 valence electrons. The van der Waals surface area contributed by atoms with Gasteiger partial charge in [-0.2, -0.15) is 0 Å². The van der Waals surface area contributed by atoms with Crippen LogP contribution in [0.1, 0.15) is 92.3 Å². The van der Waals surface area contributed by atoms with Gasteiger partial charge >= 0.3 is 11.9 Å². The molecule has 0 aliphatic carbocycles. The van der Waals surface area contributed by atoms with Crippen LogP contribution in [0.2, 0.25) is 0 Å². The van der Waals surface area contributed by atoms with Crippen molar-refractivity contribution in [3.63, 3.8) is 0 Å².